The first-order valence-electron chi connectivity index (χ1n) is 9.12. The molecule has 5 heteroatoms. The molecule has 132 valence electrons. The van der Waals surface area contributed by atoms with Crippen LogP contribution in [-0.2, 0) is 6.54 Å². The zero-order valence-corrected chi connectivity index (χ0v) is 14.7. The van der Waals surface area contributed by atoms with Crippen molar-refractivity contribution in [2.75, 3.05) is 18.0 Å². The predicted octanol–water partition coefficient (Wildman–Crippen LogP) is 3.34. The molecule has 0 atom stereocenters. The summed E-state index contributed by atoms with van der Waals surface area (Å²) in [6, 6.07) is 15.7. The SMILES string of the molecule is O=c1ccc(-c2ccc(N3CCCCC3)cc2)nn1Cc1ccncc1. The predicted molar refractivity (Wildman–Crippen MR) is 103 cm³/mol. The molecule has 0 N–H and O–H groups in total. The van der Waals surface area contributed by atoms with Crippen molar-refractivity contribution < 1.29 is 0 Å². The van der Waals surface area contributed by atoms with Gasteiger partial charge in [0.15, 0.2) is 0 Å². The number of rotatable bonds is 4. The smallest absolute Gasteiger partial charge is 0.267 e. The molecule has 1 aliphatic rings. The molecule has 0 bridgehead atoms. The van der Waals surface area contributed by atoms with Crippen molar-refractivity contribution in [2.45, 2.75) is 25.8 Å². The molecule has 0 spiro atoms. The highest BCUT2D eigenvalue weighted by Crippen LogP contribution is 2.23. The van der Waals surface area contributed by atoms with E-state index in [0.29, 0.717) is 6.54 Å². The molecule has 3 heterocycles. The van der Waals surface area contributed by atoms with Crippen LogP contribution in [0, 0.1) is 0 Å². The zero-order chi connectivity index (χ0) is 17.8. The monoisotopic (exact) mass is 346 g/mol. The van der Waals surface area contributed by atoms with Gasteiger partial charge in [-0.2, -0.15) is 5.10 Å². The Hall–Kier alpha value is -2.95. The molecule has 1 saturated heterocycles. The van der Waals surface area contributed by atoms with Crippen molar-refractivity contribution in [1.82, 2.24) is 14.8 Å². The van der Waals surface area contributed by atoms with Crippen LogP contribution >= 0.6 is 0 Å². The Balaban J connectivity index is 1.57. The first-order chi connectivity index (χ1) is 12.8. The van der Waals surface area contributed by atoms with Gasteiger partial charge in [-0.25, -0.2) is 4.68 Å². The molecule has 1 fully saturated rings. The summed E-state index contributed by atoms with van der Waals surface area (Å²) in [5.41, 5.74) is 4.00. The lowest BCUT2D eigenvalue weighted by atomic mass is 10.1. The van der Waals surface area contributed by atoms with Gasteiger partial charge in [0, 0.05) is 42.8 Å². The second kappa shape index (κ2) is 7.52. The van der Waals surface area contributed by atoms with Gasteiger partial charge in [0.2, 0.25) is 0 Å². The first-order valence-corrected chi connectivity index (χ1v) is 9.12. The van der Waals surface area contributed by atoms with Crippen LogP contribution in [0.15, 0.2) is 65.7 Å². The van der Waals surface area contributed by atoms with Gasteiger partial charge in [-0.05, 0) is 55.2 Å². The minimum absolute atomic E-state index is 0.101. The molecule has 0 unspecified atom stereocenters. The van der Waals surface area contributed by atoms with Gasteiger partial charge in [-0.1, -0.05) is 12.1 Å². The highest BCUT2D eigenvalue weighted by molar-refractivity contribution is 5.62. The van der Waals surface area contributed by atoms with E-state index in [2.05, 4.69) is 39.2 Å². The number of anilines is 1. The number of pyridine rings is 1. The molecule has 0 radical (unpaired) electrons. The van der Waals surface area contributed by atoms with Crippen LogP contribution in [0.3, 0.4) is 0 Å². The van der Waals surface area contributed by atoms with Gasteiger partial charge in [0.1, 0.15) is 0 Å². The second-order valence-electron chi connectivity index (χ2n) is 6.66. The van der Waals surface area contributed by atoms with Gasteiger partial charge in [-0.15, -0.1) is 0 Å². The average molecular weight is 346 g/mol. The largest absolute Gasteiger partial charge is 0.372 e. The maximum atomic E-state index is 12.1. The second-order valence-corrected chi connectivity index (χ2v) is 6.66. The Morgan fingerprint density at radius 1 is 0.846 bits per heavy atom. The molecular formula is C21H22N4O. The summed E-state index contributed by atoms with van der Waals surface area (Å²) in [7, 11) is 0. The third kappa shape index (κ3) is 3.67. The van der Waals surface area contributed by atoms with E-state index in [4.69, 9.17) is 0 Å². The van der Waals surface area contributed by atoms with Gasteiger partial charge in [0.05, 0.1) is 12.2 Å². The van der Waals surface area contributed by atoms with Crippen LogP contribution < -0.4 is 10.5 Å². The fourth-order valence-corrected chi connectivity index (χ4v) is 3.37. The summed E-state index contributed by atoms with van der Waals surface area (Å²) < 4.78 is 1.50. The molecule has 1 aromatic carbocycles. The highest BCUT2D eigenvalue weighted by atomic mass is 16.1. The normalized spacial score (nSPS) is 14.4. The van der Waals surface area contributed by atoms with E-state index in [1.165, 1.54) is 29.6 Å². The fourth-order valence-electron chi connectivity index (χ4n) is 3.37. The van der Waals surface area contributed by atoms with E-state index in [-0.39, 0.29) is 5.56 Å². The lowest BCUT2D eigenvalue weighted by Crippen LogP contribution is -2.29. The fraction of sp³-hybridized carbons (Fsp3) is 0.286. The van der Waals surface area contributed by atoms with E-state index in [9.17, 15) is 4.79 Å². The molecule has 0 saturated carbocycles. The Morgan fingerprint density at radius 2 is 1.58 bits per heavy atom. The minimum Gasteiger partial charge on any atom is -0.372 e. The standard InChI is InChI=1S/C21H22N4O/c26-21-9-8-20(23-25(21)16-17-10-12-22-13-11-17)18-4-6-19(7-5-18)24-14-2-1-3-15-24/h4-13H,1-3,14-16H2. The molecule has 4 rings (SSSR count). The van der Waals surface area contributed by atoms with Gasteiger partial charge < -0.3 is 4.90 Å². The van der Waals surface area contributed by atoms with Crippen molar-refractivity contribution in [2.24, 2.45) is 0 Å². The van der Waals surface area contributed by atoms with Crippen LogP contribution in [0.4, 0.5) is 5.69 Å². The van der Waals surface area contributed by atoms with E-state index in [0.717, 1.165) is 29.9 Å². The summed E-state index contributed by atoms with van der Waals surface area (Å²) in [4.78, 5) is 18.6. The maximum Gasteiger partial charge on any atom is 0.267 e. The summed E-state index contributed by atoms with van der Waals surface area (Å²) in [5, 5.41) is 4.55. The molecule has 0 aliphatic carbocycles. The quantitative estimate of drug-likeness (QED) is 0.727. The number of benzene rings is 1. The Bertz CT molecular complexity index is 913. The Labute approximate surface area is 152 Å². The lowest BCUT2D eigenvalue weighted by Gasteiger charge is -2.28. The molecule has 1 aliphatic heterocycles. The third-order valence-corrected chi connectivity index (χ3v) is 4.83. The number of hydrogen-bond acceptors (Lipinski definition) is 4. The first kappa shape index (κ1) is 16.5. The van der Waals surface area contributed by atoms with Crippen molar-refractivity contribution in [3.05, 3.63) is 76.8 Å². The maximum absolute atomic E-state index is 12.1. The Kier molecular flexibility index (Phi) is 4.78. The number of piperidine rings is 1. The third-order valence-electron chi connectivity index (χ3n) is 4.83. The molecular weight excluding hydrogens is 324 g/mol. The van der Waals surface area contributed by atoms with Crippen molar-refractivity contribution in [1.29, 1.82) is 0 Å². The van der Waals surface area contributed by atoms with E-state index in [1.54, 1.807) is 24.5 Å². The van der Waals surface area contributed by atoms with Gasteiger partial charge >= 0.3 is 0 Å². The van der Waals surface area contributed by atoms with E-state index < -0.39 is 0 Å². The molecule has 0 amide bonds. The molecule has 26 heavy (non-hydrogen) atoms. The van der Waals surface area contributed by atoms with E-state index >= 15 is 0 Å². The van der Waals surface area contributed by atoms with Crippen molar-refractivity contribution in [3.8, 4) is 11.3 Å². The van der Waals surface area contributed by atoms with Crippen LogP contribution in [0.5, 0.6) is 0 Å². The summed E-state index contributed by atoms with van der Waals surface area (Å²) >= 11 is 0. The Morgan fingerprint density at radius 3 is 2.31 bits per heavy atom. The lowest BCUT2D eigenvalue weighted by molar-refractivity contribution is 0.578. The summed E-state index contributed by atoms with van der Waals surface area (Å²) in [6.07, 6.45) is 7.32. The van der Waals surface area contributed by atoms with Gasteiger partial charge in [-0.3, -0.25) is 9.78 Å². The minimum atomic E-state index is -0.101. The van der Waals surface area contributed by atoms with Gasteiger partial charge in [0.25, 0.3) is 5.56 Å². The van der Waals surface area contributed by atoms with Crippen LogP contribution in [-0.4, -0.2) is 27.9 Å². The van der Waals surface area contributed by atoms with Crippen molar-refractivity contribution >= 4 is 5.69 Å². The molecule has 5 nitrogen and oxygen atoms in total. The van der Waals surface area contributed by atoms with E-state index in [1.807, 2.05) is 12.1 Å². The number of hydrogen-bond donors (Lipinski definition) is 0. The van der Waals surface area contributed by atoms with Crippen molar-refractivity contribution in [3.63, 3.8) is 0 Å². The summed E-state index contributed by atoms with van der Waals surface area (Å²) in [5.74, 6) is 0. The molecule has 2 aromatic heterocycles. The van der Waals surface area contributed by atoms with Crippen LogP contribution in [0.1, 0.15) is 24.8 Å². The topological polar surface area (TPSA) is 51.0 Å². The molecule has 3 aromatic rings. The number of nitrogens with zero attached hydrogens (tertiary/aromatic N) is 4. The highest BCUT2D eigenvalue weighted by Gasteiger charge is 2.11. The zero-order valence-electron chi connectivity index (χ0n) is 14.7. The average Bonchev–Trinajstić information content (AvgIpc) is 2.71. The van der Waals surface area contributed by atoms with Crippen LogP contribution in [0.25, 0.3) is 11.3 Å². The van der Waals surface area contributed by atoms with Crippen LogP contribution in [0.2, 0.25) is 0 Å². The number of aromatic nitrogens is 3. The summed E-state index contributed by atoms with van der Waals surface area (Å²) in [6.45, 7) is 2.71.